The van der Waals surface area contributed by atoms with Gasteiger partial charge in [0, 0.05) is 38.4 Å². The molecule has 2 saturated heterocycles. The van der Waals surface area contributed by atoms with Gasteiger partial charge in [-0.1, -0.05) is 11.3 Å². The van der Waals surface area contributed by atoms with Gasteiger partial charge in [0.25, 0.3) is 0 Å². The Morgan fingerprint density at radius 3 is 2.81 bits per heavy atom. The standard InChI is InChI=1S/C22H29N7OS/c1-14-11-29(12-15(2)30-14)13-16-8-19(25-17-5-7-23-10-17)27-20(9-16)28-22-26-18-4-3-6-24-21(18)31-22/h3-4,6,8-9,14-15,17,23H,5,7,10-13H2,1-2H3,(H2,25,26,27,28). The van der Waals surface area contributed by atoms with Gasteiger partial charge in [0.05, 0.1) is 12.2 Å². The van der Waals surface area contributed by atoms with E-state index in [9.17, 15) is 0 Å². The highest BCUT2D eigenvalue weighted by atomic mass is 32.1. The minimum absolute atomic E-state index is 0.251. The van der Waals surface area contributed by atoms with Gasteiger partial charge >= 0.3 is 0 Å². The van der Waals surface area contributed by atoms with Crippen molar-refractivity contribution in [1.29, 1.82) is 0 Å². The van der Waals surface area contributed by atoms with E-state index in [0.717, 1.165) is 66.3 Å². The Bertz CT molecular complexity index is 993. The van der Waals surface area contributed by atoms with Crippen LogP contribution < -0.4 is 16.0 Å². The second-order valence-electron chi connectivity index (χ2n) is 8.50. The molecule has 2 fully saturated rings. The summed E-state index contributed by atoms with van der Waals surface area (Å²) in [6, 6.07) is 8.60. The van der Waals surface area contributed by atoms with Crippen molar-refractivity contribution in [3.8, 4) is 0 Å². The van der Waals surface area contributed by atoms with Crippen LogP contribution in [0, 0.1) is 0 Å². The smallest absolute Gasteiger partial charge is 0.190 e. The summed E-state index contributed by atoms with van der Waals surface area (Å²) in [5, 5.41) is 11.2. The predicted molar refractivity (Wildman–Crippen MR) is 125 cm³/mol. The molecule has 3 unspecified atom stereocenters. The molecule has 164 valence electrons. The Morgan fingerprint density at radius 2 is 2.03 bits per heavy atom. The molecule has 0 amide bonds. The number of hydrogen-bond donors (Lipinski definition) is 3. The van der Waals surface area contributed by atoms with Crippen molar-refractivity contribution in [2.75, 3.05) is 36.8 Å². The number of nitrogens with zero attached hydrogens (tertiary/aromatic N) is 4. The van der Waals surface area contributed by atoms with Gasteiger partial charge in [0.2, 0.25) is 0 Å². The third-order valence-corrected chi connectivity index (χ3v) is 6.49. The molecule has 0 spiro atoms. The number of pyridine rings is 2. The molecule has 5 rings (SSSR count). The molecule has 2 aliphatic heterocycles. The minimum atomic E-state index is 0.251. The van der Waals surface area contributed by atoms with Crippen LogP contribution in [0.1, 0.15) is 25.8 Å². The summed E-state index contributed by atoms with van der Waals surface area (Å²) in [6.45, 7) is 9.05. The van der Waals surface area contributed by atoms with E-state index in [4.69, 9.17) is 9.72 Å². The fraction of sp³-hybridized carbons (Fsp3) is 0.500. The molecule has 3 N–H and O–H groups in total. The second-order valence-corrected chi connectivity index (χ2v) is 9.48. The van der Waals surface area contributed by atoms with Crippen molar-refractivity contribution in [3.63, 3.8) is 0 Å². The van der Waals surface area contributed by atoms with E-state index in [2.05, 4.69) is 56.8 Å². The van der Waals surface area contributed by atoms with Crippen molar-refractivity contribution in [2.45, 2.75) is 45.1 Å². The lowest BCUT2D eigenvalue weighted by molar-refractivity contribution is -0.0704. The average Bonchev–Trinajstić information content (AvgIpc) is 3.36. The number of hydrogen-bond acceptors (Lipinski definition) is 9. The summed E-state index contributed by atoms with van der Waals surface area (Å²) < 4.78 is 5.90. The molecule has 0 aromatic carbocycles. The maximum Gasteiger partial charge on any atom is 0.190 e. The first-order valence-corrected chi connectivity index (χ1v) is 11.8. The number of ether oxygens (including phenoxy) is 1. The van der Waals surface area contributed by atoms with Crippen LogP contribution in [0.15, 0.2) is 30.5 Å². The number of rotatable bonds is 6. The van der Waals surface area contributed by atoms with E-state index >= 15 is 0 Å². The fourth-order valence-corrected chi connectivity index (χ4v) is 5.22. The Balaban J connectivity index is 1.39. The van der Waals surface area contributed by atoms with Crippen LogP contribution in [0.5, 0.6) is 0 Å². The molecule has 9 heteroatoms. The lowest BCUT2D eigenvalue weighted by Gasteiger charge is -2.35. The van der Waals surface area contributed by atoms with Gasteiger partial charge in [-0.15, -0.1) is 0 Å². The highest BCUT2D eigenvalue weighted by Gasteiger charge is 2.23. The zero-order chi connectivity index (χ0) is 21.2. The van der Waals surface area contributed by atoms with Crippen LogP contribution in [-0.4, -0.2) is 64.3 Å². The SMILES string of the molecule is CC1CN(Cc2cc(Nc3nc4cccnc4s3)nc(NC3CCNC3)c2)CC(C)O1. The van der Waals surface area contributed by atoms with Crippen molar-refractivity contribution in [1.82, 2.24) is 25.2 Å². The van der Waals surface area contributed by atoms with E-state index < -0.39 is 0 Å². The fourth-order valence-electron chi connectivity index (χ4n) is 4.41. The first-order chi connectivity index (χ1) is 15.1. The predicted octanol–water partition coefficient (Wildman–Crippen LogP) is 3.21. The summed E-state index contributed by atoms with van der Waals surface area (Å²) in [5.74, 6) is 1.71. The van der Waals surface area contributed by atoms with Crippen LogP contribution in [0.4, 0.5) is 16.8 Å². The Hall–Kier alpha value is -2.33. The zero-order valence-corrected chi connectivity index (χ0v) is 18.8. The van der Waals surface area contributed by atoms with Gasteiger partial charge in [-0.05, 0) is 56.6 Å². The molecule has 0 bridgehead atoms. The van der Waals surface area contributed by atoms with E-state index in [0.29, 0.717) is 6.04 Å². The van der Waals surface area contributed by atoms with E-state index in [-0.39, 0.29) is 12.2 Å². The molecule has 3 aromatic heterocycles. The number of morpholine rings is 1. The van der Waals surface area contributed by atoms with Crippen LogP contribution >= 0.6 is 11.3 Å². The Morgan fingerprint density at radius 1 is 1.19 bits per heavy atom. The second kappa shape index (κ2) is 9.04. The lowest BCUT2D eigenvalue weighted by atomic mass is 10.1. The summed E-state index contributed by atoms with van der Waals surface area (Å²) in [6.07, 6.45) is 3.41. The maximum absolute atomic E-state index is 5.90. The largest absolute Gasteiger partial charge is 0.373 e. The number of anilines is 3. The molecule has 0 aliphatic carbocycles. The highest BCUT2D eigenvalue weighted by molar-refractivity contribution is 7.21. The number of fused-ring (bicyclic) bond motifs is 1. The molecule has 3 aromatic rings. The molecule has 3 atom stereocenters. The van der Waals surface area contributed by atoms with Gasteiger partial charge in [-0.3, -0.25) is 4.90 Å². The Kier molecular flexibility index (Phi) is 5.99. The van der Waals surface area contributed by atoms with E-state index in [1.54, 1.807) is 17.5 Å². The molecule has 8 nitrogen and oxygen atoms in total. The van der Waals surface area contributed by atoms with Gasteiger partial charge in [-0.25, -0.2) is 15.0 Å². The summed E-state index contributed by atoms with van der Waals surface area (Å²) in [7, 11) is 0. The topological polar surface area (TPSA) is 87.2 Å². The van der Waals surface area contributed by atoms with Gasteiger partial charge < -0.3 is 20.7 Å². The summed E-state index contributed by atoms with van der Waals surface area (Å²) in [5.41, 5.74) is 2.13. The van der Waals surface area contributed by atoms with Gasteiger partial charge in [0.15, 0.2) is 5.13 Å². The number of aromatic nitrogens is 3. The molecular weight excluding hydrogens is 410 g/mol. The monoisotopic (exact) mass is 439 g/mol. The lowest BCUT2D eigenvalue weighted by Crippen LogP contribution is -2.44. The maximum atomic E-state index is 5.90. The zero-order valence-electron chi connectivity index (χ0n) is 18.0. The number of thiazole rings is 1. The van der Waals surface area contributed by atoms with Crippen molar-refractivity contribution < 1.29 is 4.74 Å². The van der Waals surface area contributed by atoms with E-state index in [1.165, 1.54) is 5.56 Å². The van der Waals surface area contributed by atoms with Crippen molar-refractivity contribution in [2.24, 2.45) is 0 Å². The van der Waals surface area contributed by atoms with Crippen molar-refractivity contribution in [3.05, 3.63) is 36.0 Å². The van der Waals surface area contributed by atoms with Gasteiger partial charge in [-0.2, -0.15) is 0 Å². The van der Waals surface area contributed by atoms with Crippen LogP contribution in [0.25, 0.3) is 10.3 Å². The molecule has 0 saturated carbocycles. The van der Waals surface area contributed by atoms with E-state index in [1.807, 2.05) is 12.1 Å². The van der Waals surface area contributed by atoms with Crippen molar-refractivity contribution >= 4 is 38.5 Å². The molecule has 31 heavy (non-hydrogen) atoms. The minimum Gasteiger partial charge on any atom is -0.373 e. The first kappa shape index (κ1) is 20.6. The molecular formula is C22H29N7OS. The normalized spacial score (nSPS) is 24.5. The third kappa shape index (κ3) is 5.12. The average molecular weight is 440 g/mol. The third-order valence-electron chi connectivity index (χ3n) is 5.60. The number of nitrogens with one attached hydrogen (secondary N) is 3. The van der Waals surface area contributed by atoms with Crippen LogP contribution in [-0.2, 0) is 11.3 Å². The molecule has 5 heterocycles. The van der Waals surface area contributed by atoms with Crippen LogP contribution in [0.2, 0.25) is 0 Å². The quantitative estimate of drug-likeness (QED) is 0.540. The molecule has 2 aliphatic rings. The van der Waals surface area contributed by atoms with Gasteiger partial charge in [0.1, 0.15) is 22.0 Å². The first-order valence-electron chi connectivity index (χ1n) is 11.0. The Labute approximate surface area is 186 Å². The van der Waals surface area contributed by atoms with Crippen LogP contribution in [0.3, 0.4) is 0 Å². The summed E-state index contributed by atoms with van der Waals surface area (Å²) >= 11 is 1.54. The highest BCUT2D eigenvalue weighted by Crippen LogP contribution is 2.28. The molecule has 0 radical (unpaired) electrons. The summed E-state index contributed by atoms with van der Waals surface area (Å²) in [4.78, 5) is 17.3.